The van der Waals surface area contributed by atoms with E-state index in [1.54, 1.807) is 42.1 Å². The van der Waals surface area contributed by atoms with Gasteiger partial charge in [0, 0.05) is 38.7 Å². The number of halogens is 1. The minimum absolute atomic E-state index is 0.0249. The Morgan fingerprint density at radius 3 is 2.72 bits per heavy atom. The molecule has 1 atom stereocenters. The molecule has 0 aliphatic carbocycles. The largest absolute Gasteiger partial charge is 0.375 e. The molecule has 1 saturated heterocycles. The summed E-state index contributed by atoms with van der Waals surface area (Å²) in [5.74, 6) is -0.127. The van der Waals surface area contributed by atoms with Crippen LogP contribution in [0, 0.1) is 11.7 Å². The third-order valence-electron chi connectivity index (χ3n) is 3.21. The third kappa shape index (κ3) is 2.23. The second kappa shape index (κ2) is 4.80. The molecule has 2 rings (SSSR count). The van der Waals surface area contributed by atoms with Gasteiger partial charge in [-0.15, -0.1) is 6.58 Å². The lowest BCUT2D eigenvalue weighted by molar-refractivity contribution is -0.117. The summed E-state index contributed by atoms with van der Waals surface area (Å²) >= 11 is 0. The van der Waals surface area contributed by atoms with Crippen molar-refractivity contribution in [2.45, 2.75) is 6.42 Å². The third-order valence-corrected chi connectivity index (χ3v) is 3.21. The summed E-state index contributed by atoms with van der Waals surface area (Å²) in [7, 11) is 3.57. The molecule has 1 aromatic carbocycles. The Bertz CT molecular complexity index is 485. The van der Waals surface area contributed by atoms with E-state index in [0.717, 1.165) is 0 Å². The summed E-state index contributed by atoms with van der Waals surface area (Å²) < 4.78 is 13.9. The number of hydrogen-bond acceptors (Lipinski definition) is 2. The van der Waals surface area contributed by atoms with Crippen molar-refractivity contribution in [1.82, 2.24) is 0 Å². The molecule has 1 unspecified atom stereocenters. The first-order valence-electron chi connectivity index (χ1n) is 5.92. The quantitative estimate of drug-likeness (QED) is 0.767. The molecular weight excluding hydrogens is 231 g/mol. The number of anilines is 2. The normalized spacial score (nSPS) is 19.2. The molecule has 3 nitrogen and oxygen atoms in total. The van der Waals surface area contributed by atoms with Crippen LogP contribution in [0.25, 0.3) is 0 Å². The molecule has 18 heavy (non-hydrogen) atoms. The van der Waals surface area contributed by atoms with Crippen molar-refractivity contribution in [2.24, 2.45) is 5.92 Å². The molecule has 1 heterocycles. The fourth-order valence-electron chi connectivity index (χ4n) is 2.17. The van der Waals surface area contributed by atoms with Crippen LogP contribution in [0.15, 0.2) is 30.9 Å². The van der Waals surface area contributed by atoms with Crippen LogP contribution < -0.4 is 9.80 Å². The van der Waals surface area contributed by atoms with E-state index in [9.17, 15) is 9.18 Å². The average Bonchev–Trinajstić information content (AvgIpc) is 2.70. The molecule has 0 bridgehead atoms. The lowest BCUT2D eigenvalue weighted by Gasteiger charge is -2.19. The van der Waals surface area contributed by atoms with Crippen molar-refractivity contribution in [3.63, 3.8) is 0 Å². The van der Waals surface area contributed by atoms with Crippen molar-refractivity contribution in [2.75, 3.05) is 30.4 Å². The molecule has 96 valence electrons. The Morgan fingerprint density at radius 2 is 2.22 bits per heavy atom. The highest BCUT2D eigenvalue weighted by Crippen LogP contribution is 2.29. The number of hydrogen-bond donors (Lipinski definition) is 0. The van der Waals surface area contributed by atoms with Gasteiger partial charge in [-0.1, -0.05) is 6.08 Å². The first kappa shape index (κ1) is 12.6. The van der Waals surface area contributed by atoms with Gasteiger partial charge in [0.25, 0.3) is 0 Å². The monoisotopic (exact) mass is 248 g/mol. The van der Waals surface area contributed by atoms with E-state index < -0.39 is 0 Å². The predicted octanol–water partition coefficient (Wildman–Crippen LogP) is 2.43. The standard InChI is InChI=1S/C14H17FN2O/c1-4-10-7-14(18)17(9-10)11-5-6-13(16(2)3)12(15)8-11/h4-6,8,10H,1,7,9H2,2-3H3. The second-order valence-corrected chi connectivity index (χ2v) is 4.73. The van der Waals surface area contributed by atoms with Crippen molar-refractivity contribution in [3.05, 3.63) is 36.7 Å². The summed E-state index contributed by atoms with van der Waals surface area (Å²) in [5, 5.41) is 0. The maximum atomic E-state index is 13.9. The Labute approximate surface area is 107 Å². The lowest BCUT2D eigenvalue weighted by Crippen LogP contribution is -2.24. The fraction of sp³-hybridized carbons (Fsp3) is 0.357. The summed E-state index contributed by atoms with van der Waals surface area (Å²) in [6, 6.07) is 4.89. The van der Waals surface area contributed by atoms with Crippen LogP contribution in [0.4, 0.5) is 15.8 Å². The molecular formula is C14H17FN2O. The molecule has 0 N–H and O–H groups in total. The predicted molar refractivity (Wildman–Crippen MR) is 71.4 cm³/mol. The zero-order valence-electron chi connectivity index (χ0n) is 10.7. The molecule has 1 aliphatic heterocycles. The van der Waals surface area contributed by atoms with Crippen molar-refractivity contribution in [1.29, 1.82) is 0 Å². The van der Waals surface area contributed by atoms with Crippen LogP contribution in [0.5, 0.6) is 0 Å². The van der Waals surface area contributed by atoms with Gasteiger partial charge < -0.3 is 9.80 Å². The van der Waals surface area contributed by atoms with Gasteiger partial charge in [-0.25, -0.2) is 4.39 Å². The summed E-state index contributed by atoms with van der Waals surface area (Å²) in [6.07, 6.45) is 2.24. The smallest absolute Gasteiger partial charge is 0.227 e. The number of carbonyl (C=O) groups is 1. The maximum absolute atomic E-state index is 13.9. The average molecular weight is 248 g/mol. The van der Waals surface area contributed by atoms with Gasteiger partial charge in [-0.2, -0.15) is 0 Å². The van der Waals surface area contributed by atoms with Gasteiger partial charge in [-0.3, -0.25) is 4.79 Å². The Balaban J connectivity index is 2.27. The maximum Gasteiger partial charge on any atom is 0.227 e. The molecule has 4 heteroatoms. The topological polar surface area (TPSA) is 23.6 Å². The second-order valence-electron chi connectivity index (χ2n) is 4.73. The van der Waals surface area contributed by atoms with E-state index in [1.807, 2.05) is 0 Å². The Hall–Kier alpha value is -1.84. The highest BCUT2D eigenvalue weighted by atomic mass is 19.1. The van der Waals surface area contributed by atoms with E-state index in [0.29, 0.717) is 24.3 Å². The number of benzene rings is 1. The fourth-order valence-corrected chi connectivity index (χ4v) is 2.17. The van der Waals surface area contributed by atoms with E-state index in [1.165, 1.54) is 6.07 Å². The van der Waals surface area contributed by atoms with Gasteiger partial charge in [0.1, 0.15) is 5.82 Å². The minimum Gasteiger partial charge on any atom is -0.375 e. The van der Waals surface area contributed by atoms with Crippen molar-refractivity contribution < 1.29 is 9.18 Å². The van der Waals surface area contributed by atoms with Gasteiger partial charge in [0.2, 0.25) is 5.91 Å². The van der Waals surface area contributed by atoms with E-state index in [4.69, 9.17) is 0 Å². The summed E-state index contributed by atoms with van der Waals surface area (Å²) in [6.45, 7) is 4.29. The Morgan fingerprint density at radius 1 is 1.50 bits per heavy atom. The zero-order valence-corrected chi connectivity index (χ0v) is 10.7. The van der Waals surface area contributed by atoms with Gasteiger partial charge in [-0.05, 0) is 18.2 Å². The van der Waals surface area contributed by atoms with Crippen LogP contribution in [0.1, 0.15) is 6.42 Å². The molecule has 0 aromatic heterocycles. The molecule has 1 fully saturated rings. The first-order chi connectivity index (χ1) is 8.52. The number of rotatable bonds is 3. The van der Waals surface area contributed by atoms with Crippen LogP contribution in [-0.4, -0.2) is 26.5 Å². The van der Waals surface area contributed by atoms with E-state index in [-0.39, 0.29) is 17.6 Å². The number of amides is 1. The Kier molecular flexibility index (Phi) is 3.36. The summed E-state index contributed by atoms with van der Waals surface area (Å²) in [4.78, 5) is 15.1. The molecule has 1 aliphatic rings. The first-order valence-corrected chi connectivity index (χ1v) is 5.92. The lowest BCUT2D eigenvalue weighted by atomic mass is 10.1. The minimum atomic E-state index is -0.313. The molecule has 1 amide bonds. The van der Waals surface area contributed by atoms with Crippen LogP contribution in [-0.2, 0) is 4.79 Å². The summed E-state index contributed by atoms with van der Waals surface area (Å²) in [5.41, 5.74) is 1.14. The molecule has 1 aromatic rings. The van der Waals surface area contributed by atoms with E-state index >= 15 is 0 Å². The highest BCUT2D eigenvalue weighted by Gasteiger charge is 2.29. The van der Waals surface area contributed by atoms with Crippen molar-refractivity contribution in [3.8, 4) is 0 Å². The van der Waals surface area contributed by atoms with Crippen LogP contribution >= 0.6 is 0 Å². The van der Waals surface area contributed by atoms with Crippen LogP contribution in [0.2, 0.25) is 0 Å². The number of carbonyl (C=O) groups excluding carboxylic acids is 1. The van der Waals surface area contributed by atoms with E-state index in [2.05, 4.69) is 6.58 Å². The van der Waals surface area contributed by atoms with Crippen LogP contribution in [0.3, 0.4) is 0 Å². The molecule has 0 radical (unpaired) electrons. The SMILES string of the molecule is C=CC1CC(=O)N(c2ccc(N(C)C)c(F)c2)C1. The number of nitrogens with zero attached hydrogens (tertiary/aromatic N) is 2. The van der Waals surface area contributed by atoms with Gasteiger partial charge in [0.05, 0.1) is 5.69 Å². The van der Waals surface area contributed by atoms with Crippen molar-refractivity contribution >= 4 is 17.3 Å². The molecule has 0 saturated carbocycles. The zero-order chi connectivity index (χ0) is 13.3. The highest BCUT2D eigenvalue weighted by molar-refractivity contribution is 5.96. The van der Waals surface area contributed by atoms with Gasteiger partial charge >= 0.3 is 0 Å². The van der Waals surface area contributed by atoms with Gasteiger partial charge in [0.15, 0.2) is 0 Å². The molecule has 0 spiro atoms.